The van der Waals surface area contributed by atoms with Crippen LogP contribution in [0.25, 0.3) is 0 Å². The van der Waals surface area contributed by atoms with Gasteiger partial charge in [-0.25, -0.2) is 0 Å². The first-order valence-electron chi connectivity index (χ1n) is 6.59. The van der Waals surface area contributed by atoms with Gasteiger partial charge in [0.15, 0.2) is 0 Å². The number of rotatable bonds is 5. The molecule has 0 bridgehead atoms. The predicted octanol–water partition coefficient (Wildman–Crippen LogP) is 6.00. The Morgan fingerprint density at radius 3 is 1.94 bits per heavy atom. The summed E-state index contributed by atoms with van der Waals surface area (Å²) in [5, 5.41) is 0. The maximum absolute atomic E-state index is 2.18. The highest BCUT2D eigenvalue weighted by molar-refractivity contribution is 5.47. The van der Waals surface area contributed by atoms with Gasteiger partial charge in [-0.05, 0) is 38.3 Å². The average molecular weight is 232 g/mol. The minimum absolute atomic E-state index is 1.07. The zero-order valence-electron chi connectivity index (χ0n) is 12.3. The molecular weight excluding hydrogens is 204 g/mol. The van der Waals surface area contributed by atoms with E-state index in [0.717, 1.165) is 6.42 Å². The Labute approximate surface area is 108 Å². The first-order valence-corrected chi connectivity index (χ1v) is 6.59. The zero-order valence-corrected chi connectivity index (χ0v) is 12.3. The molecule has 0 aliphatic carbocycles. The summed E-state index contributed by atoms with van der Waals surface area (Å²) >= 11 is 0. The van der Waals surface area contributed by atoms with Gasteiger partial charge in [0.05, 0.1) is 0 Å². The molecule has 0 radical (unpaired) electrons. The first kappa shape index (κ1) is 18.1. The third kappa shape index (κ3) is 9.62. The quantitative estimate of drug-likeness (QED) is 0.510. The molecule has 0 unspecified atom stereocenters. The van der Waals surface area contributed by atoms with Gasteiger partial charge >= 0.3 is 0 Å². The fraction of sp³-hybridized carbons (Fsp3) is 0.412. The van der Waals surface area contributed by atoms with E-state index in [1.807, 2.05) is 33.8 Å². The summed E-state index contributed by atoms with van der Waals surface area (Å²) < 4.78 is 0. The predicted molar refractivity (Wildman–Crippen MR) is 82.2 cm³/mol. The second-order valence-corrected chi connectivity index (χ2v) is 3.20. The van der Waals surface area contributed by atoms with E-state index < -0.39 is 0 Å². The van der Waals surface area contributed by atoms with E-state index in [1.165, 1.54) is 11.1 Å². The van der Waals surface area contributed by atoms with Gasteiger partial charge in [-0.3, -0.25) is 0 Å². The van der Waals surface area contributed by atoms with Crippen LogP contribution < -0.4 is 0 Å². The molecule has 0 atom stereocenters. The van der Waals surface area contributed by atoms with Gasteiger partial charge < -0.3 is 0 Å². The second-order valence-electron chi connectivity index (χ2n) is 3.20. The van der Waals surface area contributed by atoms with Crippen molar-refractivity contribution in [2.75, 3.05) is 0 Å². The lowest BCUT2D eigenvalue weighted by Gasteiger charge is -2.01. The van der Waals surface area contributed by atoms with Crippen molar-refractivity contribution in [1.29, 1.82) is 0 Å². The number of allylic oxidation sites excluding steroid dienone is 10. The molecule has 0 N–H and O–H groups in total. The molecule has 0 aliphatic rings. The lowest BCUT2D eigenvalue weighted by atomic mass is 10.0. The minimum Gasteiger partial charge on any atom is -0.0876 e. The molecule has 0 nitrogen and oxygen atoms in total. The summed E-state index contributed by atoms with van der Waals surface area (Å²) in [6.45, 7) is 12.3. The van der Waals surface area contributed by atoms with Crippen LogP contribution in [-0.2, 0) is 0 Å². The van der Waals surface area contributed by atoms with E-state index in [2.05, 4.69) is 56.4 Å². The van der Waals surface area contributed by atoms with E-state index in [1.54, 1.807) is 0 Å². The van der Waals surface area contributed by atoms with Gasteiger partial charge in [-0.2, -0.15) is 0 Å². The fourth-order valence-corrected chi connectivity index (χ4v) is 1.23. The Kier molecular flexibility index (Phi) is 15.6. The minimum atomic E-state index is 1.07. The second kappa shape index (κ2) is 14.7. The molecule has 0 amide bonds. The summed E-state index contributed by atoms with van der Waals surface area (Å²) in [6, 6.07) is 0. The smallest absolute Gasteiger partial charge is 0.0191 e. The summed E-state index contributed by atoms with van der Waals surface area (Å²) in [5.41, 5.74) is 2.52. The van der Waals surface area contributed by atoms with Gasteiger partial charge in [0, 0.05) is 0 Å². The van der Waals surface area contributed by atoms with Crippen molar-refractivity contribution in [3.8, 4) is 0 Å². The summed E-state index contributed by atoms with van der Waals surface area (Å²) in [7, 11) is 0. The Balaban J connectivity index is 0. The van der Waals surface area contributed by atoms with Gasteiger partial charge in [-0.15, -0.1) is 0 Å². The molecule has 0 saturated carbocycles. The van der Waals surface area contributed by atoms with Crippen LogP contribution in [0.15, 0.2) is 59.8 Å². The van der Waals surface area contributed by atoms with Crippen molar-refractivity contribution in [3.63, 3.8) is 0 Å². The monoisotopic (exact) mass is 232 g/mol. The van der Waals surface area contributed by atoms with Crippen LogP contribution in [0.2, 0.25) is 0 Å². The third-order valence-electron chi connectivity index (χ3n) is 1.99. The summed E-state index contributed by atoms with van der Waals surface area (Å²) in [4.78, 5) is 0. The molecule has 96 valence electrons. The van der Waals surface area contributed by atoms with Crippen LogP contribution >= 0.6 is 0 Å². The molecule has 0 aromatic heterocycles. The fourth-order valence-electron chi connectivity index (χ4n) is 1.23. The zero-order chi connectivity index (χ0) is 13.5. The summed E-state index contributed by atoms with van der Waals surface area (Å²) in [5.74, 6) is 0. The lowest BCUT2D eigenvalue weighted by molar-refractivity contribution is 1.22. The molecular formula is C17H28. The molecule has 0 aromatic rings. The van der Waals surface area contributed by atoms with Crippen molar-refractivity contribution < 1.29 is 0 Å². The standard InChI is InChI=1S/C15H22.C2H6/c1-5-9-12-14(8-4)15(11-7-3)13-10-6-2;1-2/h6-13H,5H2,1-4H3;1-2H3/b10-6-,11-7-,12-9-,14-8+,15-13+;. The Morgan fingerprint density at radius 1 is 0.882 bits per heavy atom. The topological polar surface area (TPSA) is 0 Å². The van der Waals surface area contributed by atoms with E-state index in [9.17, 15) is 0 Å². The number of hydrogen-bond acceptors (Lipinski definition) is 0. The normalized spacial score (nSPS) is 13.5. The third-order valence-corrected chi connectivity index (χ3v) is 1.99. The van der Waals surface area contributed by atoms with Crippen LogP contribution in [0.4, 0.5) is 0 Å². The van der Waals surface area contributed by atoms with Crippen molar-refractivity contribution in [2.45, 2.75) is 48.0 Å². The van der Waals surface area contributed by atoms with Gasteiger partial charge in [0.1, 0.15) is 0 Å². The van der Waals surface area contributed by atoms with Gasteiger partial charge in [-0.1, -0.05) is 69.4 Å². The van der Waals surface area contributed by atoms with Crippen LogP contribution in [0.5, 0.6) is 0 Å². The highest BCUT2D eigenvalue weighted by Gasteiger charge is 1.94. The van der Waals surface area contributed by atoms with E-state index in [0.29, 0.717) is 0 Å². The van der Waals surface area contributed by atoms with Crippen molar-refractivity contribution in [2.24, 2.45) is 0 Å². The van der Waals surface area contributed by atoms with E-state index in [4.69, 9.17) is 0 Å². The van der Waals surface area contributed by atoms with E-state index >= 15 is 0 Å². The molecule has 17 heavy (non-hydrogen) atoms. The number of hydrogen-bond donors (Lipinski definition) is 0. The molecule has 0 saturated heterocycles. The van der Waals surface area contributed by atoms with Gasteiger partial charge in [0.25, 0.3) is 0 Å². The molecule has 0 heteroatoms. The van der Waals surface area contributed by atoms with Crippen molar-refractivity contribution in [1.82, 2.24) is 0 Å². The van der Waals surface area contributed by atoms with Gasteiger partial charge in [0.2, 0.25) is 0 Å². The maximum Gasteiger partial charge on any atom is -0.0191 e. The summed E-state index contributed by atoms with van der Waals surface area (Å²) in [6.07, 6.45) is 18.0. The van der Waals surface area contributed by atoms with Crippen LogP contribution in [0, 0.1) is 0 Å². The Morgan fingerprint density at radius 2 is 1.53 bits per heavy atom. The van der Waals surface area contributed by atoms with Crippen molar-refractivity contribution in [3.05, 3.63) is 59.8 Å². The maximum atomic E-state index is 2.18. The lowest BCUT2D eigenvalue weighted by Crippen LogP contribution is -1.82. The molecule has 0 spiro atoms. The SMILES string of the molecule is CC.C\C=C/C=C(\C=C/C)C(/C=C\CC)=C/C. The Hall–Kier alpha value is -1.30. The van der Waals surface area contributed by atoms with Crippen LogP contribution in [-0.4, -0.2) is 0 Å². The molecule has 0 aromatic carbocycles. The molecule has 0 rings (SSSR count). The molecule has 0 heterocycles. The highest BCUT2D eigenvalue weighted by Crippen LogP contribution is 2.14. The Bertz CT molecular complexity index is 296. The van der Waals surface area contributed by atoms with E-state index in [-0.39, 0.29) is 0 Å². The highest BCUT2D eigenvalue weighted by atomic mass is 14.0. The largest absolute Gasteiger partial charge is 0.0876 e. The van der Waals surface area contributed by atoms with Crippen LogP contribution in [0.1, 0.15) is 48.0 Å². The van der Waals surface area contributed by atoms with Crippen molar-refractivity contribution >= 4 is 0 Å². The van der Waals surface area contributed by atoms with Crippen LogP contribution in [0.3, 0.4) is 0 Å². The first-order chi connectivity index (χ1) is 8.29. The average Bonchev–Trinajstić information content (AvgIpc) is 2.39. The molecule has 0 fully saturated rings. The molecule has 0 aliphatic heterocycles.